The molecule has 0 atom stereocenters. The Balaban J connectivity index is 3.21. The van der Waals surface area contributed by atoms with Gasteiger partial charge >= 0.3 is 6.09 Å². The molecule has 1 aromatic rings. The largest absolute Gasteiger partial charge is 0.410 e. The minimum Gasteiger partial charge on any atom is -0.410 e. The molecule has 1 rings (SSSR count). The van der Waals surface area contributed by atoms with Crippen LogP contribution in [0.4, 0.5) is 4.79 Å². The molecule has 0 aliphatic heterocycles. The number of hydrogen-bond donors (Lipinski definition) is 1. The minimum absolute atomic E-state index is 0.335. The van der Waals surface area contributed by atoms with Crippen molar-refractivity contribution in [3.8, 4) is 18.1 Å². The molecular formula is C10H7ClINO2. The topological polar surface area (TPSA) is 52.3 Å². The molecule has 1 amide bonds. The zero-order valence-electron chi connectivity index (χ0n) is 7.59. The van der Waals surface area contributed by atoms with E-state index in [-0.39, 0.29) is 0 Å². The fourth-order valence-electron chi connectivity index (χ4n) is 1.05. The molecule has 0 spiro atoms. The molecule has 0 unspecified atom stereocenters. The summed E-state index contributed by atoms with van der Waals surface area (Å²) in [6.07, 6.45) is 4.68. The number of terminal acetylenes is 1. The van der Waals surface area contributed by atoms with Crippen LogP contribution in [0.3, 0.4) is 0 Å². The maximum Gasteiger partial charge on any atom is 0.409 e. The molecule has 0 bridgehead atoms. The third kappa shape index (κ3) is 3.01. The van der Waals surface area contributed by atoms with Gasteiger partial charge in [-0.05, 0) is 34.7 Å². The van der Waals surface area contributed by atoms with Crippen molar-refractivity contribution in [3.05, 3.63) is 26.3 Å². The molecule has 0 heterocycles. The van der Waals surface area contributed by atoms with Gasteiger partial charge in [0.05, 0.1) is 5.02 Å². The average molecular weight is 336 g/mol. The number of amides is 1. The number of ether oxygens (including phenoxy) is 1. The summed E-state index contributed by atoms with van der Waals surface area (Å²) in [4.78, 5) is 10.6. The van der Waals surface area contributed by atoms with Crippen molar-refractivity contribution in [1.29, 1.82) is 0 Å². The summed E-state index contributed by atoms with van der Waals surface area (Å²) in [5.74, 6) is 2.83. The standard InChI is InChI=1S/C10H7ClINO2/c1-2-3-6-8(15-10(13)14)5-4-7(11)9(6)12/h1,4-5H,3H2,(H2,13,14). The highest BCUT2D eigenvalue weighted by Crippen LogP contribution is 2.30. The van der Waals surface area contributed by atoms with Gasteiger partial charge in [-0.15, -0.1) is 12.3 Å². The van der Waals surface area contributed by atoms with Crippen LogP contribution in [0.15, 0.2) is 12.1 Å². The van der Waals surface area contributed by atoms with E-state index in [0.29, 0.717) is 22.8 Å². The van der Waals surface area contributed by atoms with Gasteiger partial charge < -0.3 is 10.5 Å². The molecule has 0 fully saturated rings. The van der Waals surface area contributed by atoms with Gasteiger partial charge in [-0.2, -0.15) is 0 Å². The fourth-order valence-corrected chi connectivity index (χ4v) is 1.86. The Labute approximate surface area is 106 Å². The second-order valence-electron chi connectivity index (χ2n) is 2.64. The van der Waals surface area contributed by atoms with Crippen molar-refractivity contribution in [2.75, 3.05) is 0 Å². The maximum atomic E-state index is 10.6. The first kappa shape index (κ1) is 12.1. The lowest BCUT2D eigenvalue weighted by molar-refractivity contribution is 0.210. The predicted octanol–water partition coefficient (Wildman–Crippen LogP) is 2.58. The molecular weight excluding hydrogens is 328 g/mol. The van der Waals surface area contributed by atoms with E-state index in [2.05, 4.69) is 5.92 Å². The van der Waals surface area contributed by atoms with Crippen LogP contribution >= 0.6 is 34.2 Å². The maximum absolute atomic E-state index is 10.6. The minimum atomic E-state index is -0.869. The van der Waals surface area contributed by atoms with Gasteiger partial charge in [-0.25, -0.2) is 4.79 Å². The SMILES string of the molecule is C#CCc1c(OC(N)=O)ccc(Cl)c1I. The van der Waals surface area contributed by atoms with Crippen molar-refractivity contribution in [2.45, 2.75) is 6.42 Å². The van der Waals surface area contributed by atoms with E-state index in [1.807, 2.05) is 22.6 Å². The molecule has 0 saturated carbocycles. The van der Waals surface area contributed by atoms with Crippen LogP contribution in [0, 0.1) is 15.9 Å². The third-order valence-electron chi connectivity index (χ3n) is 1.64. The molecule has 2 N–H and O–H groups in total. The van der Waals surface area contributed by atoms with E-state index < -0.39 is 6.09 Å². The van der Waals surface area contributed by atoms with Crippen molar-refractivity contribution >= 4 is 40.3 Å². The molecule has 0 aliphatic carbocycles. The number of nitrogens with two attached hydrogens (primary N) is 1. The quantitative estimate of drug-likeness (QED) is 0.667. The van der Waals surface area contributed by atoms with E-state index in [1.54, 1.807) is 12.1 Å². The number of hydrogen-bond acceptors (Lipinski definition) is 2. The second kappa shape index (κ2) is 5.24. The number of carbonyl (C=O) groups excluding carboxylic acids is 1. The third-order valence-corrected chi connectivity index (χ3v) is 3.51. The Bertz CT molecular complexity index is 440. The smallest absolute Gasteiger partial charge is 0.409 e. The lowest BCUT2D eigenvalue weighted by Crippen LogP contribution is -2.17. The van der Waals surface area contributed by atoms with Gasteiger partial charge in [0.25, 0.3) is 0 Å². The number of halogens is 2. The predicted molar refractivity (Wildman–Crippen MR) is 66.9 cm³/mol. The number of primary amides is 1. The number of benzene rings is 1. The van der Waals surface area contributed by atoms with Gasteiger partial charge in [-0.3, -0.25) is 0 Å². The van der Waals surface area contributed by atoms with Crippen LogP contribution in [0.2, 0.25) is 5.02 Å². The Kier molecular flexibility index (Phi) is 4.24. The van der Waals surface area contributed by atoms with Gasteiger partial charge in [0.2, 0.25) is 0 Å². The van der Waals surface area contributed by atoms with Crippen LogP contribution in [-0.2, 0) is 6.42 Å². The summed E-state index contributed by atoms with van der Waals surface area (Å²) in [6.45, 7) is 0. The molecule has 15 heavy (non-hydrogen) atoms. The molecule has 3 nitrogen and oxygen atoms in total. The normalized spacial score (nSPS) is 9.40. The van der Waals surface area contributed by atoms with Crippen LogP contribution in [0.5, 0.6) is 5.75 Å². The Hall–Kier alpha value is -0.930. The number of carbonyl (C=O) groups is 1. The number of rotatable bonds is 2. The summed E-state index contributed by atoms with van der Waals surface area (Å²) in [5.41, 5.74) is 5.63. The summed E-state index contributed by atoms with van der Waals surface area (Å²) in [6, 6.07) is 3.20. The Morgan fingerprint density at radius 1 is 1.67 bits per heavy atom. The van der Waals surface area contributed by atoms with Crippen LogP contribution < -0.4 is 10.5 Å². The van der Waals surface area contributed by atoms with Gasteiger partial charge in [0.1, 0.15) is 5.75 Å². The fraction of sp³-hybridized carbons (Fsp3) is 0.100. The lowest BCUT2D eigenvalue weighted by atomic mass is 10.1. The first-order chi connectivity index (χ1) is 7.06. The van der Waals surface area contributed by atoms with Crippen molar-refractivity contribution < 1.29 is 9.53 Å². The molecule has 0 radical (unpaired) electrons. The highest BCUT2D eigenvalue weighted by atomic mass is 127. The van der Waals surface area contributed by atoms with E-state index in [4.69, 9.17) is 28.5 Å². The molecule has 0 saturated heterocycles. The monoisotopic (exact) mass is 335 g/mol. The first-order valence-corrected chi connectivity index (χ1v) is 5.39. The zero-order valence-corrected chi connectivity index (χ0v) is 10.5. The van der Waals surface area contributed by atoms with Crippen molar-refractivity contribution in [2.24, 2.45) is 5.73 Å². The lowest BCUT2D eigenvalue weighted by Gasteiger charge is -2.09. The Morgan fingerprint density at radius 3 is 2.87 bits per heavy atom. The summed E-state index contributed by atoms with van der Waals surface area (Å²) in [5, 5.41) is 0.567. The van der Waals surface area contributed by atoms with Gasteiger partial charge in [0, 0.05) is 15.6 Å². The van der Waals surface area contributed by atoms with Gasteiger partial charge in [0.15, 0.2) is 0 Å². The van der Waals surface area contributed by atoms with Crippen molar-refractivity contribution in [3.63, 3.8) is 0 Å². The molecule has 5 heteroatoms. The molecule has 1 aromatic carbocycles. The highest BCUT2D eigenvalue weighted by Gasteiger charge is 2.12. The Morgan fingerprint density at radius 2 is 2.33 bits per heavy atom. The molecule has 0 aliphatic rings. The van der Waals surface area contributed by atoms with Crippen LogP contribution in [0.1, 0.15) is 5.56 Å². The van der Waals surface area contributed by atoms with Crippen molar-refractivity contribution in [1.82, 2.24) is 0 Å². The summed E-state index contributed by atoms with van der Waals surface area (Å²) in [7, 11) is 0. The van der Waals surface area contributed by atoms with Gasteiger partial charge in [-0.1, -0.05) is 11.6 Å². The van der Waals surface area contributed by atoms with E-state index in [9.17, 15) is 4.79 Å². The average Bonchev–Trinajstić information content (AvgIpc) is 2.17. The van der Waals surface area contributed by atoms with E-state index >= 15 is 0 Å². The summed E-state index contributed by atoms with van der Waals surface area (Å²) < 4.78 is 5.58. The summed E-state index contributed by atoms with van der Waals surface area (Å²) >= 11 is 7.95. The first-order valence-electron chi connectivity index (χ1n) is 3.94. The molecule has 0 aromatic heterocycles. The van der Waals surface area contributed by atoms with E-state index in [0.717, 1.165) is 3.57 Å². The zero-order chi connectivity index (χ0) is 11.4. The highest BCUT2D eigenvalue weighted by molar-refractivity contribution is 14.1. The van der Waals surface area contributed by atoms with E-state index in [1.165, 1.54) is 0 Å². The van der Waals surface area contributed by atoms with Crippen LogP contribution in [-0.4, -0.2) is 6.09 Å². The second-order valence-corrected chi connectivity index (χ2v) is 4.13. The van der Waals surface area contributed by atoms with Crippen LogP contribution in [0.25, 0.3) is 0 Å². The molecule has 78 valence electrons.